The van der Waals surface area contributed by atoms with Crippen LogP contribution < -0.4 is 20.7 Å². The van der Waals surface area contributed by atoms with Gasteiger partial charge >= 0.3 is 13.7 Å². The van der Waals surface area contributed by atoms with E-state index in [1.807, 2.05) is 0 Å². The first-order valence-electron chi connectivity index (χ1n) is 11.3. The van der Waals surface area contributed by atoms with Gasteiger partial charge in [-0.05, 0) is 19.1 Å². The largest absolute Gasteiger partial charge is 0.480 e. The van der Waals surface area contributed by atoms with E-state index in [0.29, 0.717) is 11.3 Å². The zero-order chi connectivity index (χ0) is 27.7. The fraction of sp³-hybridized carbons (Fsp3) is 0.429. The van der Waals surface area contributed by atoms with Crippen molar-refractivity contribution in [2.75, 3.05) is 31.3 Å². The minimum absolute atomic E-state index is 0.0659. The van der Waals surface area contributed by atoms with Gasteiger partial charge in [-0.3, -0.25) is 13.9 Å². The van der Waals surface area contributed by atoms with Crippen molar-refractivity contribution in [1.29, 1.82) is 0 Å². The molecule has 2 aromatic heterocycles. The number of nitrogen functional groups attached to an aromatic ring is 1. The number of anilines is 2. The quantitative estimate of drug-likeness (QED) is 0.139. The maximum atomic E-state index is 13.5. The average Bonchev–Trinajstić information content (AvgIpc) is 3.41. The molecule has 206 valence electrons. The summed E-state index contributed by atoms with van der Waals surface area (Å²) in [4.78, 5) is 22.1. The molecule has 1 aliphatic rings. The number of aliphatic hydroxyl groups excluding tert-OH is 2. The van der Waals surface area contributed by atoms with Crippen molar-refractivity contribution in [2.24, 2.45) is 0 Å². The number of para-hydroxylation sites is 1. The number of halogens is 1. The molecule has 1 aromatic carbocycles. The molecule has 3 heterocycles. The molecule has 17 heteroatoms. The van der Waals surface area contributed by atoms with Crippen molar-refractivity contribution in [3.05, 3.63) is 36.7 Å². The molecular formula is C21H27ClN7O8P. The maximum absolute atomic E-state index is 13.5. The summed E-state index contributed by atoms with van der Waals surface area (Å²) < 4.78 is 31.8. The smallest absolute Gasteiger partial charge is 0.459 e. The standard InChI is InChI=1S/C21H27ClN7O8P/c1-11(18(32)33)28-38(34,37-12-6-4-3-5-7-12)35-8-13-15(31)21(22,9-30)19(36-13)29-10-25-14-16(24-2)26-20(23)27-17(14)29/h3-7,10-11,13,15,19,30-31H,8-9H2,1-2H3,(H,28,34)(H,32,33)(H3,23,24,26,27)/t11-,13+,15+,19+,21+,38?/m0/s1. The van der Waals surface area contributed by atoms with E-state index in [9.17, 15) is 24.7 Å². The third kappa shape index (κ3) is 5.40. The van der Waals surface area contributed by atoms with Gasteiger partial charge in [-0.2, -0.15) is 15.1 Å². The first kappa shape index (κ1) is 28.0. The third-order valence-corrected chi connectivity index (χ3v) is 8.00. The van der Waals surface area contributed by atoms with E-state index in [2.05, 4.69) is 25.4 Å². The monoisotopic (exact) mass is 571 g/mol. The van der Waals surface area contributed by atoms with Crippen LogP contribution in [-0.4, -0.2) is 84.2 Å². The number of alkyl halides is 1. The minimum atomic E-state index is -4.31. The molecule has 0 saturated carbocycles. The first-order valence-corrected chi connectivity index (χ1v) is 13.2. The molecule has 0 aliphatic carbocycles. The van der Waals surface area contributed by atoms with Crippen molar-refractivity contribution >= 4 is 48.2 Å². The van der Waals surface area contributed by atoms with Gasteiger partial charge in [0.15, 0.2) is 23.2 Å². The zero-order valence-corrected chi connectivity index (χ0v) is 21.9. The minimum Gasteiger partial charge on any atom is -0.480 e. The first-order chi connectivity index (χ1) is 18.0. The number of nitrogens with zero attached hydrogens (tertiary/aromatic N) is 4. The van der Waals surface area contributed by atoms with Gasteiger partial charge in [0.05, 0.1) is 19.5 Å². The van der Waals surface area contributed by atoms with Crippen LogP contribution >= 0.6 is 19.3 Å². The maximum Gasteiger partial charge on any atom is 0.459 e. The highest BCUT2D eigenvalue weighted by Gasteiger charge is 2.57. The summed E-state index contributed by atoms with van der Waals surface area (Å²) in [7, 11) is -2.69. The van der Waals surface area contributed by atoms with Gasteiger partial charge in [-0.25, -0.2) is 9.55 Å². The number of aromatic nitrogens is 4. The summed E-state index contributed by atoms with van der Waals surface area (Å²) in [6.07, 6.45) is -2.66. The van der Waals surface area contributed by atoms with Crippen LogP contribution in [-0.2, 0) is 18.6 Å². The summed E-state index contributed by atoms with van der Waals surface area (Å²) in [5, 5.41) is 35.6. The lowest BCUT2D eigenvalue weighted by atomic mass is 9.99. The molecule has 6 atom stereocenters. The number of rotatable bonds is 11. The van der Waals surface area contributed by atoms with Gasteiger partial charge in [0.1, 0.15) is 28.9 Å². The lowest BCUT2D eigenvalue weighted by Gasteiger charge is -2.28. The second-order valence-corrected chi connectivity index (χ2v) is 10.8. The van der Waals surface area contributed by atoms with E-state index in [1.165, 1.54) is 30.0 Å². The Morgan fingerprint density at radius 2 is 2.08 bits per heavy atom. The Kier molecular flexibility index (Phi) is 8.09. The van der Waals surface area contributed by atoms with Crippen LogP contribution in [0, 0.1) is 0 Å². The number of fused-ring (bicyclic) bond motifs is 1. The number of nitrogens with two attached hydrogens (primary N) is 1. The lowest BCUT2D eigenvalue weighted by molar-refractivity contribution is -0.138. The van der Waals surface area contributed by atoms with Crippen LogP contribution in [0.4, 0.5) is 11.8 Å². The summed E-state index contributed by atoms with van der Waals surface area (Å²) in [6.45, 7) is -0.0279. The van der Waals surface area contributed by atoms with Crippen molar-refractivity contribution in [1.82, 2.24) is 24.6 Å². The van der Waals surface area contributed by atoms with Gasteiger partial charge in [-0.15, -0.1) is 11.6 Å². The molecule has 7 N–H and O–H groups in total. The summed E-state index contributed by atoms with van der Waals surface area (Å²) >= 11 is 6.66. The predicted molar refractivity (Wildman–Crippen MR) is 136 cm³/mol. The number of aliphatic carboxylic acids is 1. The molecule has 1 saturated heterocycles. The molecule has 1 unspecified atom stereocenters. The Bertz CT molecular complexity index is 1350. The molecule has 1 aliphatic heterocycles. The SMILES string of the molecule is CNc1nc(N)nc2c1ncn2[C@@H]1O[C@H](COP(=O)(N[C@@H](C)C(=O)O)Oc2ccccc2)[C@@H](O)[C@]1(Cl)CO. The van der Waals surface area contributed by atoms with E-state index < -0.39 is 56.3 Å². The normalized spacial score (nSPS) is 25.7. The molecule has 3 aromatic rings. The molecular weight excluding hydrogens is 545 g/mol. The number of imidazole rings is 1. The third-order valence-electron chi connectivity index (χ3n) is 5.83. The average molecular weight is 572 g/mol. The molecule has 38 heavy (non-hydrogen) atoms. The highest BCUT2D eigenvalue weighted by Crippen LogP contribution is 2.48. The van der Waals surface area contributed by atoms with Crippen LogP contribution in [0.1, 0.15) is 13.2 Å². The van der Waals surface area contributed by atoms with E-state index >= 15 is 0 Å². The fourth-order valence-electron chi connectivity index (χ4n) is 3.86. The Hall–Kier alpha value is -3.04. The molecule has 0 spiro atoms. The van der Waals surface area contributed by atoms with Crippen LogP contribution in [0.25, 0.3) is 11.2 Å². The Balaban J connectivity index is 1.61. The highest BCUT2D eigenvalue weighted by atomic mass is 35.5. The van der Waals surface area contributed by atoms with Gasteiger partial charge in [0.25, 0.3) is 0 Å². The number of aliphatic hydroxyl groups is 2. The molecule has 0 amide bonds. The molecule has 0 radical (unpaired) electrons. The Morgan fingerprint density at radius 1 is 1.37 bits per heavy atom. The predicted octanol–water partition coefficient (Wildman–Crippen LogP) is 0.945. The number of benzene rings is 1. The fourth-order valence-corrected chi connectivity index (χ4v) is 5.66. The molecule has 0 bridgehead atoms. The number of ether oxygens (including phenoxy) is 1. The van der Waals surface area contributed by atoms with Crippen molar-refractivity contribution in [2.45, 2.75) is 36.3 Å². The topological polar surface area (TPSA) is 216 Å². The van der Waals surface area contributed by atoms with Crippen molar-refractivity contribution in [3.8, 4) is 5.75 Å². The van der Waals surface area contributed by atoms with Gasteiger partial charge in [0.2, 0.25) is 5.95 Å². The second-order valence-electron chi connectivity index (χ2n) is 8.45. The van der Waals surface area contributed by atoms with Gasteiger partial charge in [-0.1, -0.05) is 18.2 Å². The number of hydrogen-bond donors (Lipinski definition) is 6. The van der Waals surface area contributed by atoms with Crippen molar-refractivity contribution < 1.29 is 38.5 Å². The summed E-state index contributed by atoms with van der Waals surface area (Å²) in [6, 6.07) is 6.67. The van der Waals surface area contributed by atoms with E-state index in [4.69, 9.17) is 31.1 Å². The number of carboxylic acid groups (broad SMARTS) is 1. The zero-order valence-electron chi connectivity index (χ0n) is 20.3. The van der Waals surface area contributed by atoms with Gasteiger partial charge in [0, 0.05) is 7.05 Å². The molecule has 1 fully saturated rings. The lowest BCUT2D eigenvalue weighted by Crippen LogP contribution is -2.45. The summed E-state index contributed by atoms with van der Waals surface area (Å²) in [5.41, 5.74) is 6.37. The van der Waals surface area contributed by atoms with Crippen molar-refractivity contribution in [3.63, 3.8) is 0 Å². The second kappa shape index (κ2) is 11.0. The Labute approximate surface area is 221 Å². The van der Waals surface area contributed by atoms with E-state index in [-0.39, 0.29) is 17.3 Å². The number of carboxylic acids is 1. The van der Waals surface area contributed by atoms with Crippen LogP contribution in [0.15, 0.2) is 36.7 Å². The summed E-state index contributed by atoms with van der Waals surface area (Å²) in [5.74, 6) is -0.872. The Morgan fingerprint density at radius 3 is 2.71 bits per heavy atom. The molecule has 15 nitrogen and oxygen atoms in total. The van der Waals surface area contributed by atoms with E-state index in [1.54, 1.807) is 25.2 Å². The number of carbonyl (C=O) groups is 1. The number of hydrogen-bond acceptors (Lipinski definition) is 12. The van der Waals surface area contributed by atoms with E-state index in [0.717, 1.165) is 0 Å². The van der Waals surface area contributed by atoms with Crippen LogP contribution in [0.5, 0.6) is 5.75 Å². The molecule has 4 rings (SSSR count). The highest BCUT2D eigenvalue weighted by molar-refractivity contribution is 7.52. The number of nitrogens with one attached hydrogen (secondary N) is 2. The van der Waals surface area contributed by atoms with Crippen LogP contribution in [0.3, 0.4) is 0 Å². The van der Waals surface area contributed by atoms with Crippen LogP contribution in [0.2, 0.25) is 0 Å². The van der Waals surface area contributed by atoms with Gasteiger partial charge < -0.3 is 35.6 Å².